The van der Waals surface area contributed by atoms with Crippen molar-refractivity contribution < 1.29 is 27.9 Å². The molecule has 11 heteroatoms. The van der Waals surface area contributed by atoms with E-state index in [0.717, 1.165) is 18.2 Å². The average Bonchev–Trinajstić information content (AvgIpc) is 2.53. The van der Waals surface area contributed by atoms with Crippen molar-refractivity contribution >= 4 is 18.1 Å². The number of hydrogen-bond acceptors (Lipinski definition) is 6. The fourth-order valence-electron chi connectivity index (χ4n) is 2.14. The Labute approximate surface area is 151 Å². The number of phenols is 1. The second-order valence-electron chi connectivity index (χ2n) is 4.90. The number of nitro benzene ring substituents is 1. The zero-order chi connectivity index (χ0) is 18.8. The van der Waals surface area contributed by atoms with Gasteiger partial charge in [-0.3, -0.25) is 10.1 Å². The minimum Gasteiger partial charge on any atom is -0.502 e. The topological polar surface area (TPSA) is 122 Å². The molecule has 0 aliphatic rings. The van der Waals surface area contributed by atoms with E-state index in [-0.39, 0.29) is 29.1 Å². The Morgan fingerprint density at radius 1 is 1.27 bits per heavy atom. The Hall–Kier alpha value is -3.03. The number of nitro groups is 1. The first-order valence-electron chi connectivity index (χ1n) is 6.65. The van der Waals surface area contributed by atoms with Crippen molar-refractivity contribution in [3.63, 3.8) is 0 Å². The summed E-state index contributed by atoms with van der Waals surface area (Å²) >= 11 is 0. The molecule has 0 spiro atoms. The molecule has 0 saturated heterocycles. The fraction of sp³-hybridized carbons (Fsp3) is 0.133. The minimum absolute atomic E-state index is 0. The van der Waals surface area contributed by atoms with Crippen LogP contribution in [0.5, 0.6) is 11.5 Å². The van der Waals surface area contributed by atoms with E-state index in [2.05, 4.69) is 4.74 Å². The SMILES string of the molecule is Cl.N#Cc1cc([C@H](N)c2ccc(OC(F)(F)F)cc2)c(O)c([N+](=O)[O-])c1. The first kappa shape index (κ1) is 21.0. The normalized spacial score (nSPS) is 11.8. The molecular formula is C15H11ClF3N3O4. The van der Waals surface area contributed by atoms with E-state index < -0.39 is 34.5 Å². The van der Waals surface area contributed by atoms with Gasteiger partial charge in [0.15, 0.2) is 5.75 Å². The molecule has 0 unspecified atom stereocenters. The minimum atomic E-state index is -4.84. The van der Waals surface area contributed by atoms with Crippen LogP contribution in [-0.4, -0.2) is 16.4 Å². The number of hydrogen-bond donors (Lipinski definition) is 2. The number of nitriles is 1. The summed E-state index contributed by atoms with van der Waals surface area (Å²) in [4.78, 5) is 10.1. The number of alkyl halides is 3. The second-order valence-corrected chi connectivity index (χ2v) is 4.90. The standard InChI is InChI=1S/C15H10F3N3O4.ClH/c16-15(17,18)25-10-3-1-9(2-4-10)13(20)11-5-8(7-19)6-12(14(11)22)21(23)24;/h1-6,13,22H,20H2;1H/t13-;/m1./s1. The Kier molecular flexibility index (Phi) is 6.39. The van der Waals surface area contributed by atoms with E-state index >= 15 is 0 Å². The fourth-order valence-corrected chi connectivity index (χ4v) is 2.14. The van der Waals surface area contributed by atoms with Crippen molar-refractivity contribution in [2.75, 3.05) is 0 Å². The van der Waals surface area contributed by atoms with Gasteiger partial charge in [0.25, 0.3) is 0 Å². The highest BCUT2D eigenvalue weighted by atomic mass is 35.5. The molecule has 0 radical (unpaired) electrons. The van der Waals surface area contributed by atoms with Crippen LogP contribution in [0.3, 0.4) is 0 Å². The molecule has 0 aliphatic heterocycles. The third-order valence-corrected chi connectivity index (χ3v) is 3.25. The molecule has 3 N–H and O–H groups in total. The summed E-state index contributed by atoms with van der Waals surface area (Å²) in [7, 11) is 0. The number of rotatable bonds is 4. The van der Waals surface area contributed by atoms with Gasteiger partial charge in [-0.2, -0.15) is 5.26 Å². The lowest BCUT2D eigenvalue weighted by Gasteiger charge is -2.15. The van der Waals surface area contributed by atoms with Crippen molar-refractivity contribution in [1.29, 1.82) is 5.26 Å². The molecule has 0 saturated carbocycles. The van der Waals surface area contributed by atoms with E-state index in [1.54, 1.807) is 6.07 Å². The van der Waals surface area contributed by atoms with Crippen molar-refractivity contribution in [3.05, 3.63) is 63.2 Å². The Balaban J connectivity index is 0.00000338. The van der Waals surface area contributed by atoms with Crippen molar-refractivity contribution in [2.45, 2.75) is 12.4 Å². The first-order valence-corrected chi connectivity index (χ1v) is 6.65. The largest absolute Gasteiger partial charge is 0.573 e. The summed E-state index contributed by atoms with van der Waals surface area (Å²) in [6.45, 7) is 0. The zero-order valence-electron chi connectivity index (χ0n) is 12.7. The quantitative estimate of drug-likeness (QED) is 0.609. The monoisotopic (exact) mass is 389 g/mol. The van der Waals surface area contributed by atoms with Crippen molar-refractivity contribution in [3.8, 4) is 17.6 Å². The van der Waals surface area contributed by atoms with Gasteiger partial charge >= 0.3 is 12.0 Å². The number of nitrogens with two attached hydrogens (primary N) is 1. The summed E-state index contributed by atoms with van der Waals surface area (Å²) in [5.74, 6) is -1.18. The molecule has 0 bridgehead atoms. The summed E-state index contributed by atoms with van der Waals surface area (Å²) in [6.07, 6.45) is -4.84. The van der Waals surface area contributed by atoms with Crippen molar-refractivity contribution in [1.82, 2.24) is 0 Å². The molecule has 2 rings (SSSR count). The highest BCUT2D eigenvalue weighted by Gasteiger charge is 2.31. The maximum absolute atomic E-state index is 12.1. The van der Waals surface area contributed by atoms with E-state index in [0.29, 0.717) is 0 Å². The molecule has 7 nitrogen and oxygen atoms in total. The van der Waals surface area contributed by atoms with Gasteiger partial charge in [-0.1, -0.05) is 12.1 Å². The lowest BCUT2D eigenvalue weighted by atomic mass is 9.96. The van der Waals surface area contributed by atoms with E-state index in [4.69, 9.17) is 11.0 Å². The third kappa shape index (κ3) is 4.75. The van der Waals surface area contributed by atoms with Gasteiger partial charge in [-0.05, 0) is 23.8 Å². The van der Waals surface area contributed by atoms with Crippen LogP contribution in [0.2, 0.25) is 0 Å². The molecule has 0 heterocycles. The van der Waals surface area contributed by atoms with E-state index in [1.165, 1.54) is 18.2 Å². The summed E-state index contributed by atoms with van der Waals surface area (Å²) in [5.41, 5.74) is 5.31. The van der Waals surface area contributed by atoms with Gasteiger partial charge in [0, 0.05) is 11.6 Å². The molecule has 26 heavy (non-hydrogen) atoms. The Morgan fingerprint density at radius 3 is 2.31 bits per heavy atom. The second kappa shape index (κ2) is 7.90. The van der Waals surface area contributed by atoms with E-state index in [1.807, 2.05) is 0 Å². The molecule has 0 fully saturated rings. The van der Waals surface area contributed by atoms with Crippen LogP contribution < -0.4 is 10.5 Å². The van der Waals surface area contributed by atoms with Crippen molar-refractivity contribution in [2.24, 2.45) is 5.73 Å². The molecule has 0 aromatic heterocycles. The molecule has 0 amide bonds. The zero-order valence-corrected chi connectivity index (χ0v) is 13.5. The van der Waals surface area contributed by atoms with Crippen LogP contribution in [0, 0.1) is 21.4 Å². The van der Waals surface area contributed by atoms with Crippen LogP contribution in [0.4, 0.5) is 18.9 Å². The number of halogens is 4. The maximum atomic E-state index is 12.1. The highest BCUT2D eigenvalue weighted by molar-refractivity contribution is 5.85. The van der Waals surface area contributed by atoms with Crippen LogP contribution in [0.25, 0.3) is 0 Å². The molecule has 2 aromatic carbocycles. The average molecular weight is 390 g/mol. The highest BCUT2D eigenvalue weighted by Crippen LogP contribution is 2.36. The van der Waals surface area contributed by atoms with Crippen LogP contribution in [0.15, 0.2) is 36.4 Å². The van der Waals surface area contributed by atoms with Crippen LogP contribution >= 0.6 is 12.4 Å². The number of ether oxygens (including phenoxy) is 1. The lowest BCUT2D eigenvalue weighted by Crippen LogP contribution is -2.17. The van der Waals surface area contributed by atoms with E-state index in [9.17, 15) is 28.4 Å². The summed E-state index contributed by atoms with van der Waals surface area (Å²) in [5, 5.41) is 29.9. The molecular weight excluding hydrogens is 379 g/mol. The van der Waals surface area contributed by atoms with Gasteiger partial charge in [-0.15, -0.1) is 25.6 Å². The molecule has 0 aliphatic carbocycles. The first-order chi connectivity index (χ1) is 11.6. The van der Waals surface area contributed by atoms with Crippen LogP contribution in [0.1, 0.15) is 22.7 Å². The summed E-state index contributed by atoms with van der Waals surface area (Å²) in [6, 6.07) is 7.15. The van der Waals surface area contributed by atoms with Gasteiger partial charge < -0.3 is 15.6 Å². The maximum Gasteiger partial charge on any atom is 0.573 e. The molecule has 138 valence electrons. The predicted molar refractivity (Wildman–Crippen MR) is 85.9 cm³/mol. The van der Waals surface area contributed by atoms with Gasteiger partial charge in [-0.25, -0.2) is 0 Å². The molecule has 2 aromatic rings. The molecule has 1 atom stereocenters. The number of benzene rings is 2. The number of phenolic OH excluding ortho intramolecular Hbond substituents is 1. The van der Waals surface area contributed by atoms with Gasteiger partial charge in [0.1, 0.15) is 5.75 Å². The van der Waals surface area contributed by atoms with Gasteiger partial charge in [0.05, 0.1) is 22.6 Å². The Morgan fingerprint density at radius 2 is 1.85 bits per heavy atom. The third-order valence-electron chi connectivity index (χ3n) is 3.25. The number of nitrogens with zero attached hydrogens (tertiary/aromatic N) is 2. The van der Waals surface area contributed by atoms with Crippen LogP contribution in [-0.2, 0) is 0 Å². The number of aromatic hydroxyl groups is 1. The smallest absolute Gasteiger partial charge is 0.502 e. The summed E-state index contributed by atoms with van der Waals surface area (Å²) < 4.78 is 40.2. The van der Waals surface area contributed by atoms with Gasteiger partial charge in [0.2, 0.25) is 0 Å². The Bertz CT molecular complexity index is 851. The lowest BCUT2D eigenvalue weighted by molar-refractivity contribution is -0.386. The predicted octanol–water partition coefficient (Wildman–Crippen LogP) is 3.54.